The molecule has 1 aliphatic heterocycles. The second-order valence-electron chi connectivity index (χ2n) is 4.75. The van der Waals surface area contributed by atoms with Crippen molar-refractivity contribution in [3.05, 3.63) is 4.88 Å². The molecule has 0 saturated carbocycles. The summed E-state index contributed by atoms with van der Waals surface area (Å²) in [6, 6.07) is 0.259. The molecule has 1 aromatic heterocycles. The maximum absolute atomic E-state index is 12.0. The van der Waals surface area contributed by atoms with E-state index in [1.807, 2.05) is 0 Å². The number of carbonyl (C=O) groups excluding carboxylic acids is 1. The van der Waals surface area contributed by atoms with Crippen LogP contribution >= 0.6 is 11.3 Å². The zero-order valence-corrected chi connectivity index (χ0v) is 12.1. The summed E-state index contributed by atoms with van der Waals surface area (Å²) in [5.74, 6) is 2.54. The number of piperidine rings is 1. The van der Waals surface area contributed by atoms with E-state index in [0.29, 0.717) is 17.8 Å². The molecule has 0 spiro atoms. The number of hydrogen-bond acceptors (Lipinski definition) is 6. The number of terminal acetylenes is 1. The van der Waals surface area contributed by atoms with Crippen molar-refractivity contribution < 1.29 is 4.79 Å². The van der Waals surface area contributed by atoms with E-state index in [1.165, 1.54) is 11.3 Å². The molecule has 1 amide bonds. The maximum Gasteiger partial charge on any atom is 0.265 e. The zero-order valence-electron chi connectivity index (χ0n) is 11.3. The summed E-state index contributed by atoms with van der Waals surface area (Å²) >= 11 is 1.32. The largest absolute Gasteiger partial charge is 0.382 e. The normalized spacial score (nSPS) is 15.9. The number of amides is 1. The third-order valence-electron chi connectivity index (χ3n) is 3.21. The third-order valence-corrected chi connectivity index (χ3v) is 4.34. The van der Waals surface area contributed by atoms with Gasteiger partial charge in [-0.05, 0) is 12.8 Å². The van der Waals surface area contributed by atoms with Crippen molar-refractivity contribution in [3.8, 4) is 12.3 Å². The van der Waals surface area contributed by atoms with Gasteiger partial charge in [0.15, 0.2) is 5.13 Å². The number of rotatable bonds is 4. The second kappa shape index (κ2) is 6.59. The molecule has 0 aliphatic carbocycles. The molecule has 20 heavy (non-hydrogen) atoms. The number of hydrogen-bond donors (Lipinski definition) is 3. The number of anilines is 2. The lowest BCUT2D eigenvalue weighted by Gasteiger charge is -2.29. The molecule has 0 unspecified atom stereocenters. The Morgan fingerprint density at radius 1 is 1.55 bits per heavy atom. The highest BCUT2D eigenvalue weighted by atomic mass is 32.1. The lowest BCUT2D eigenvalue weighted by atomic mass is 10.1. The summed E-state index contributed by atoms with van der Waals surface area (Å²) in [4.78, 5) is 18.8. The average Bonchev–Trinajstić information content (AvgIpc) is 2.82. The monoisotopic (exact) mass is 293 g/mol. The van der Waals surface area contributed by atoms with Gasteiger partial charge in [-0.3, -0.25) is 4.79 Å². The van der Waals surface area contributed by atoms with Crippen molar-refractivity contribution in [2.24, 2.45) is 5.73 Å². The van der Waals surface area contributed by atoms with Gasteiger partial charge in [0.2, 0.25) is 0 Å². The molecule has 1 saturated heterocycles. The first-order chi connectivity index (χ1) is 9.61. The van der Waals surface area contributed by atoms with Gasteiger partial charge in [0, 0.05) is 32.1 Å². The van der Waals surface area contributed by atoms with Gasteiger partial charge in [-0.15, -0.1) is 12.3 Å². The summed E-state index contributed by atoms with van der Waals surface area (Å²) in [5, 5.41) is 3.52. The molecule has 2 rings (SSSR count). The highest BCUT2D eigenvalue weighted by molar-refractivity contribution is 7.18. The number of nitrogens with two attached hydrogens (primary N) is 2. The van der Waals surface area contributed by atoms with Crippen LogP contribution in [0, 0.1) is 12.3 Å². The predicted octanol–water partition coefficient (Wildman–Crippen LogP) is 0.406. The topological polar surface area (TPSA) is 97.3 Å². The zero-order chi connectivity index (χ0) is 14.5. The van der Waals surface area contributed by atoms with Gasteiger partial charge in [0.25, 0.3) is 5.91 Å². The number of nitrogen functional groups attached to an aromatic ring is 1. The van der Waals surface area contributed by atoms with Crippen LogP contribution in [0.15, 0.2) is 0 Å². The molecule has 108 valence electrons. The molecule has 0 radical (unpaired) electrons. The van der Waals surface area contributed by atoms with E-state index in [2.05, 4.69) is 21.1 Å². The Balaban J connectivity index is 2.02. The molecule has 1 aromatic rings. The number of nitrogens with zero attached hydrogens (tertiary/aromatic N) is 2. The second-order valence-corrected chi connectivity index (χ2v) is 5.72. The van der Waals surface area contributed by atoms with Crippen molar-refractivity contribution in [3.63, 3.8) is 0 Å². The van der Waals surface area contributed by atoms with E-state index in [4.69, 9.17) is 17.9 Å². The Morgan fingerprint density at radius 2 is 2.25 bits per heavy atom. The number of thiazole rings is 1. The first-order valence-corrected chi connectivity index (χ1v) is 7.42. The van der Waals surface area contributed by atoms with Crippen molar-refractivity contribution in [1.82, 2.24) is 10.3 Å². The molecule has 0 atom stereocenters. The Hall–Kier alpha value is -1.78. The molecule has 5 N–H and O–H groups in total. The summed E-state index contributed by atoms with van der Waals surface area (Å²) < 4.78 is 0. The predicted molar refractivity (Wildman–Crippen MR) is 81.7 cm³/mol. The molecule has 2 heterocycles. The summed E-state index contributed by atoms with van der Waals surface area (Å²) in [6.07, 6.45) is 7.51. The molecule has 0 bridgehead atoms. The van der Waals surface area contributed by atoms with Gasteiger partial charge in [-0.25, -0.2) is 4.98 Å². The first kappa shape index (κ1) is 14.6. The lowest BCUT2D eigenvalue weighted by Crippen LogP contribution is -2.39. The van der Waals surface area contributed by atoms with Gasteiger partial charge in [0.1, 0.15) is 10.7 Å². The van der Waals surface area contributed by atoms with Crippen LogP contribution in [-0.2, 0) is 0 Å². The average molecular weight is 293 g/mol. The Morgan fingerprint density at radius 3 is 2.90 bits per heavy atom. The van der Waals surface area contributed by atoms with Gasteiger partial charge in [-0.1, -0.05) is 11.3 Å². The van der Waals surface area contributed by atoms with Gasteiger partial charge < -0.3 is 21.7 Å². The van der Waals surface area contributed by atoms with Crippen molar-refractivity contribution in [1.29, 1.82) is 0 Å². The Kier molecular flexibility index (Phi) is 4.82. The van der Waals surface area contributed by atoms with Gasteiger partial charge in [-0.2, -0.15) is 0 Å². The van der Waals surface area contributed by atoms with Crippen LogP contribution in [0.1, 0.15) is 28.9 Å². The molecule has 7 heteroatoms. The van der Waals surface area contributed by atoms with Crippen LogP contribution in [-0.4, -0.2) is 36.6 Å². The van der Waals surface area contributed by atoms with Crippen LogP contribution < -0.4 is 21.7 Å². The number of carbonyl (C=O) groups is 1. The van der Waals surface area contributed by atoms with E-state index >= 15 is 0 Å². The van der Waals surface area contributed by atoms with Crippen LogP contribution in [0.2, 0.25) is 0 Å². The summed E-state index contributed by atoms with van der Waals surface area (Å²) in [6.45, 7) is 2.15. The SMILES string of the molecule is C#CCCNC(=O)c1sc(N2CCC(N)CC2)nc1N. The minimum absolute atomic E-state index is 0.213. The van der Waals surface area contributed by atoms with Crippen LogP contribution in [0.5, 0.6) is 0 Å². The van der Waals surface area contributed by atoms with Crippen molar-refractivity contribution >= 4 is 28.2 Å². The first-order valence-electron chi connectivity index (χ1n) is 6.60. The fraction of sp³-hybridized carbons (Fsp3) is 0.538. The highest BCUT2D eigenvalue weighted by Crippen LogP contribution is 2.29. The number of aromatic nitrogens is 1. The highest BCUT2D eigenvalue weighted by Gasteiger charge is 2.22. The van der Waals surface area contributed by atoms with Crippen molar-refractivity contribution in [2.75, 3.05) is 30.3 Å². The van der Waals surface area contributed by atoms with E-state index < -0.39 is 0 Å². The van der Waals surface area contributed by atoms with E-state index in [0.717, 1.165) is 31.1 Å². The minimum atomic E-state index is -0.213. The quantitative estimate of drug-likeness (QED) is 0.552. The Bertz CT molecular complexity index is 513. The standard InChI is InChI=1S/C13H19N5OS/c1-2-3-6-16-12(19)10-11(15)17-13(20-10)18-7-4-9(14)5-8-18/h1,9H,3-8,14-15H2,(H,16,19). The maximum atomic E-state index is 12.0. The molecule has 1 fully saturated rings. The molecule has 6 nitrogen and oxygen atoms in total. The van der Waals surface area contributed by atoms with Crippen LogP contribution in [0.3, 0.4) is 0 Å². The van der Waals surface area contributed by atoms with Gasteiger partial charge >= 0.3 is 0 Å². The molecular formula is C13H19N5OS. The van der Waals surface area contributed by atoms with E-state index in [1.54, 1.807) is 0 Å². The lowest BCUT2D eigenvalue weighted by molar-refractivity contribution is 0.0959. The van der Waals surface area contributed by atoms with Crippen molar-refractivity contribution in [2.45, 2.75) is 25.3 Å². The fourth-order valence-corrected chi connectivity index (χ4v) is 2.99. The smallest absolute Gasteiger partial charge is 0.265 e. The molecular weight excluding hydrogens is 274 g/mol. The third kappa shape index (κ3) is 3.40. The summed E-state index contributed by atoms with van der Waals surface area (Å²) in [7, 11) is 0. The van der Waals surface area contributed by atoms with Crippen LogP contribution in [0.4, 0.5) is 10.9 Å². The van der Waals surface area contributed by atoms with Crippen LogP contribution in [0.25, 0.3) is 0 Å². The van der Waals surface area contributed by atoms with E-state index in [9.17, 15) is 4.79 Å². The van der Waals surface area contributed by atoms with E-state index in [-0.39, 0.29) is 17.8 Å². The molecule has 0 aromatic carbocycles. The minimum Gasteiger partial charge on any atom is -0.382 e. The Labute approximate surface area is 122 Å². The molecule has 1 aliphatic rings. The fourth-order valence-electron chi connectivity index (χ4n) is 2.04. The van der Waals surface area contributed by atoms with Gasteiger partial charge in [0.05, 0.1) is 0 Å². The number of nitrogens with one attached hydrogen (secondary N) is 1. The summed E-state index contributed by atoms with van der Waals surface area (Å²) in [5.41, 5.74) is 11.7.